The third-order valence-corrected chi connectivity index (χ3v) is 5.51. The minimum atomic E-state index is -1.02. The summed E-state index contributed by atoms with van der Waals surface area (Å²) in [7, 11) is 4.02. The van der Waals surface area contributed by atoms with Gasteiger partial charge in [0.15, 0.2) is 5.11 Å². The number of imide groups is 1. The van der Waals surface area contributed by atoms with Crippen LogP contribution in [-0.4, -0.2) is 67.7 Å². The smallest absolute Gasteiger partial charge is 0.337 e. The van der Waals surface area contributed by atoms with Crippen LogP contribution in [0.4, 0.5) is 11.4 Å². The molecule has 0 saturated carbocycles. The maximum atomic E-state index is 13.3. The molecule has 0 aromatic heterocycles. The van der Waals surface area contributed by atoms with E-state index in [-0.39, 0.29) is 29.3 Å². The van der Waals surface area contributed by atoms with E-state index in [0.29, 0.717) is 11.4 Å². The molecule has 1 atom stereocenters. The van der Waals surface area contributed by atoms with Gasteiger partial charge in [0.1, 0.15) is 18.3 Å². The monoisotopic (exact) mass is 485 g/mol. The van der Waals surface area contributed by atoms with Gasteiger partial charge in [-0.2, -0.15) is 0 Å². The van der Waals surface area contributed by atoms with E-state index in [1.54, 1.807) is 31.4 Å². The molecule has 178 valence electrons. The Balaban J connectivity index is 1.83. The molecule has 0 bridgehead atoms. The number of thiocarbonyl (C=S) groups is 1. The Morgan fingerprint density at radius 2 is 1.68 bits per heavy atom. The van der Waals surface area contributed by atoms with E-state index in [1.807, 2.05) is 0 Å². The quantitative estimate of drug-likeness (QED) is 0.355. The Hall–Kier alpha value is -3.99. The van der Waals surface area contributed by atoms with Crippen LogP contribution in [-0.2, 0) is 23.9 Å². The molecule has 2 amide bonds. The van der Waals surface area contributed by atoms with Gasteiger partial charge in [0.25, 0.3) is 5.91 Å². The highest BCUT2D eigenvalue weighted by atomic mass is 32.1. The van der Waals surface area contributed by atoms with Crippen LogP contribution in [0.1, 0.15) is 16.8 Å². The van der Waals surface area contributed by atoms with Crippen LogP contribution in [0.15, 0.2) is 48.5 Å². The standard InChI is InChI=1S/C23H23N3O7S/c1-31-17-10-6-15(7-11-17)24-23(34)25(13-20(28)32-2)18-12-19(27)26(21(18)29)16-8-4-14(5-9-16)22(30)33-3/h4-11,18H,12-13H2,1-3H3,(H,24,34)/t18-/m0/s1. The van der Waals surface area contributed by atoms with Gasteiger partial charge in [-0.3, -0.25) is 14.4 Å². The molecule has 0 radical (unpaired) electrons. The molecule has 11 heteroatoms. The summed E-state index contributed by atoms with van der Waals surface area (Å²) in [5.74, 6) is -1.54. The van der Waals surface area contributed by atoms with Gasteiger partial charge in [0.05, 0.1) is 39.0 Å². The van der Waals surface area contributed by atoms with Gasteiger partial charge in [-0.25, -0.2) is 9.69 Å². The first-order valence-electron chi connectivity index (χ1n) is 10.1. The molecule has 1 aliphatic rings. The van der Waals surface area contributed by atoms with Gasteiger partial charge in [0, 0.05) is 5.69 Å². The number of ether oxygens (including phenoxy) is 3. The average molecular weight is 486 g/mol. The maximum Gasteiger partial charge on any atom is 0.337 e. The van der Waals surface area contributed by atoms with Crippen LogP contribution in [0.25, 0.3) is 0 Å². The van der Waals surface area contributed by atoms with Crippen molar-refractivity contribution in [2.75, 3.05) is 38.1 Å². The molecule has 3 rings (SSSR count). The predicted octanol–water partition coefficient (Wildman–Crippen LogP) is 1.99. The molecular weight excluding hydrogens is 462 g/mol. The number of nitrogens with one attached hydrogen (secondary N) is 1. The largest absolute Gasteiger partial charge is 0.497 e. The topological polar surface area (TPSA) is 114 Å². The minimum absolute atomic E-state index is 0.0737. The molecule has 1 aliphatic heterocycles. The van der Waals surface area contributed by atoms with Gasteiger partial charge < -0.3 is 24.4 Å². The van der Waals surface area contributed by atoms with E-state index in [1.165, 1.54) is 43.4 Å². The van der Waals surface area contributed by atoms with Gasteiger partial charge >= 0.3 is 11.9 Å². The van der Waals surface area contributed by atoms with E-state index in [0.717, 1.165) is 4.90 Å². The summed E-state index contributed by atoms with van der Waals surface area (Å²) in [4.78, 5) is 52.1. The van der Waals surface area contributed by atoms with Gasteiger partial charge in [-0.05, 0) is 60.7 Å². The number of carbonyl (C=O) groups excluding carboxylic acids is 4. The average Bonchev–Trinajstić information content (AvgIpc) is 3.15. The number of hydrogen-bond acceptors (Lipinski definition) is 8. The lowest BCUT2D eigenvalue weighted by atomic mass is 10.2. The van der Waals surface area contributed by atoms with Crippen molar-refractivity contribution < 1.29 is 33.4 Å². The summed E-state index contributed by atoms with van der Waals surface area (Å²) >= 11 is 5.47. The van der Waals surface area contributed by atoms with Crippen LogP contribution >= 0.6 is 12.2 Å². The van der Waals surface area contributed by atoms with Gasteiger partial charge in [-0.1, -0.05) is 0 Å². The Bertz CT molecular complexity index is 1100. The number of amides is 2. The second-order valence-electron chi connectivity index (χ2n) is 7.19. The lowest BCUT2D eigenvalue weighted by molar-refractivity contribution is -0.141. The van der Waals surface area contributed by atoms with Crippen molar-refractivity contribution in [3.05, 3.63) is 54.1 Å². The molecule has 2 aromatic rings. The zero-order chi connectivity index (χ0) is 24.8. The lowest BCUT2D eigenvalue weighted by Crippen LogP contribution is -2.49. The Labute approximate surface area is 201 Å². The summed E-state index contributed by atoms with van der Waals surface area (Å²) in [5, 5.41) is 3.05. The maximum absolute atomic E-state index is 13.3. The first-order valence-corrected chi connectivity index (χ1v) is 10.5. The third kappa shape index (κ3) is 5.31. The second-order valence-corrected chi connectivity index (χ2v) is 7.58. The molecule has 1 saturated heterocycles. The predicted molar refractivity (Wildman–Crippen MR) is 127 cm³/mol. The molecule has 0 unspecified atom stereocenters. The van der Waals surface area contributed by atoms with Crippen LogP contribution in [0.2, 0.25) is 0 Å². The fraction of sp³-hybridized carbons (Fsp3) is 0.261. The minimum Gasteiger partial charge on any atom is -0.497 e. The summed E-state index contributed by atoms with van der Waals surface area (Å²) < 4.78 is 14.5. The zero-order valence-corrected chi connectivity index (χ0v) is 19.6. The van der Waals surface area contributed by atoms with E-state index in [2.05, 4.69) is 10.1 Å². The van der Waals surface area contributed by atoms with Crippen LogP contribution < -0.4 is 15.0 Å². The molecule has 1 fully saturated rings. The van der Waals surface area contributed by atoms with E-state index in [4.69, 9.17) is 21.7 Å². The number of anilines is 2. The fourth-order valence-corrected chi connectivity index (χ4v) is 3.70. The van der Waals surface area contributed by atoms with Crippen molar-refractivity contribution in [2.24, 2.45) is 0 Å². The van der Waals surface area contributed by atoms with E-state index in [9.17, 15) is 19.2 Å². The summed E-state index contributed by atoms with van der Waals surface area (Å²) in [6.07, 6.45) is -0.195. The van der Waals surface area contributed by atoms with E-state index < -0.39 is 29.8 Å². The highest BCUT2D eigenvalue weighted by Gasteiger charge is 2.44. The second kappa shape index (κ2) is 10.8. The van der Waals surface area contributed by atoms with Crippen molar-refractivity contribution in [1.29, 1.82) is 0 Å². The molecule has 1 heterocycles. The lowest BCUT2D eigenvalue weighted by Gasteiger charge is -2.29. The van der Waals surface area contributed by atoms with E-state index >= 15 is 0 Å². The van der Waals surface area contributed by atoms with Crippen molar-refractivity contribution in [1.82, 2.24) is 4.90 Å². The normalized spacial score (nSPS) is 15.0. The number of methoxy groups -OCH3 is 3. The molecule has 0 aliphatic carbocycles. The highest BCUT2D eigenvalue weighted by Crippen LogP contribution is 2.27. The number of rotatable bonds is 7. The zero-order valence-electron chi connectivity index (χ0n) is 18.8. The summed E-state index contributed by atoms with van der Waals surface area (Å²) in [5.41, 5.74) is 1.17. The first-order chi connectivity index (χ1) is 16.3. The van der Waals surface area contributed by atoms with Crippen LogP contribution in [0.3, 0.4) is 0 Å². The molecule has 34 heavy (non-hydrogen) atoms. The van der Waals surface area contributed by atoms with Crippen molar-refractivity contribution in [3.8, 4) is 5.75 Å². The molecule has 2 aromatic carbocycles. The Morgan fingerprint density at radius 1 is 1.03 bits per heavy atom. The number of esters is 2. The molecule has 10 nitrogen and oxygen atoms in total. The Morgan fingerprint density at radius 3 is 2.24 bits per heavy atom. The number of carbonyl (C=O) groups is 4. The molecular formula is C23H23N3O7S. The van der Waals surface area contributed by atoms with Crippen molar-refractivity contribution >= 4 is 52.5 Å². The first kappa shape index (κ1) is 24.6. The fourth-order valence-electron chi connectivity index (χ4n) is 3.39. The molecule has 0 spiro atoms. The van der Waals surface area contributed by atoms with Crippen LogP contribution in [0, 0.1) is 0 Å². The van der Waals surface area contributed by atoms with Crippen LogP contribution in [0.5, 0.6) is 5.75 Å². The summed E-state index contributed by atoms with van der Waals surface area (Å²) in [6.45, 7) is -0.336. The van der Waals surface area contributed by atoms with Gasteiger partial charge in [-0.15, -0.1) is 0 Å². The Kier molecular flexibility index (Phi) is 7.79. The number of hydrogen-bond donors (Lipinski definition) is 1. The highest BCUT2D eigenvalue weighted by molar-refractivity contribution is 7.80. The van der Waals surface area contributed by atoms with Crippen molar-refractivity contribution in [3.63, 3.8) is 0 Å². The molecule has 1 N–H and O–H groups in total. The number of benzene rings is 2. The number of nitrogens with zero attached hydrogens (tertiary/aromatic N) is 2. The third-order valence-electron chi connectivity index (χ3n) is 5.17. The summed E-state index contributed by atoms with van der Waals surface area (Å²) in [6, 6.07) is 11.7. The van der Waals surface area contributed by atoms with Crippen molar-refractivity contribution in [2.45, 2.75) is 12.5 Å². The van der Waals surface area contributed by atoms with Gasteiger partial charge in [0.2, 0.25) is 5.91 Å². The SMILES string of the molecule is COC(=O)CN(C(=S)Nc1ccc(OC)cc1)[C@H]1CC(=O)N(c2ccc(C(=O)OC)cc2)C1=O.